The number of hydrogen-bond donors (Lipinski definition) is 1. The second kappa shape index (κ2) is 5.86. The molecule has 0 spiro atoms. The van der Waals surface area contributed by atoms with Crippen LogP contribution >= 0.6 is 11.8 Å². The van der Waals surface area contributed by atoms with Crippen molar-refractivity contribution < 1.29 is 4.39 Å². The summed E-state index contributed by atoms with van der Waals surface area (Å²) in [6, 6.07) is 6.75. The van der Waals surface area contributed by atoms with Gasteiger partial charge in [-0.05, 0) is 17.9 Å². The summed E-state index contributed by atoms with van der Waals surface area (Å²) < 4.78 is 13.0. The van der Waals surface area contributed by atoms with Crippen LogP contribution in [0.1, 0.15) is 6.92 Å². The molecule has 0 aliphatic rings. The van der Waals surface area contributed by atoms with E-state index in [4.69, 9.17) is 0 Å². The minimum Gasteiger partial charge on any atom is -0.382 e. The zero-order valence-electron chi connectivity index (χ0n) is 7.72. The third kappa shape index (κ3) is 3.68. The Hall–Kier alpha value is -0.700. The highest BCUT2D eigenvalue weighted by Crippen LogP contribution is 2.12. The molecule has 3 heteroatoms. The molecule has 0 aliphatic heterocycles. The van der Waals surface area contributed by atoms with Gasteiger partial charge in [-0.15, -0.1) is 0 Å². The molecule has 1 N–H and O–H groups in total. The van der Waals surface area contributed by atoms with E-state index in [0.29, 0.717) is 5.69 Å². The summed E-state index contributed by atoms with van der Waals surface area (Å²) in [6.07, 6.45) is 0. The van der Waals surface area contributed by atoms with Crippen molar-refractivity contribution >= 4 is 17.4 Å². The fourth-order valence-corrected chi connectivity index (χ4v) is 1.54. The van der Waals surface area contributed by atoms with E-state index in [1.165, 1.54) is 6.07 Å². The van der Waals surface area contributed by atoms with Crippen LogP contribution in [0, 0.1) is 5.82 Å². The molecule has 0 aliphatic carbocycles. The van der Waals surface area contributed by atoms with Crippen LogP contribution in [0.4, 0.5) is 10.1 Å². The highest BCUT2D eigenvalue weighted by atomic mass is 32.2. The van der Waals surface area contributed by atoms with Gasteiger partial charge in [-0.1, -0.05) is 19.1 Å². The molecule has 1 aromatic rings. The minimum absolute atomic E-state index is 0.177. The molecule has 0 unspecified atom stereocenters. The van der Waals surface area contributed by atoms with Gasteiger partial charge in [-0.3, -0.25) is 0 Å². The Morgan fingerprint density at radius 1 is 1.38 bits per heavy atom. The Labute approximate surface area is 82.7 Å². The maximum atomic E-state index is 13.0. The molecule has 0 aromatic heterocycles. The molecule has 1 aromatic carbocycles. The van der Waals surface area contributed by atoms with E-state index in [-0.39, 0.29) is 5.82 Å². The molecule has 1 rings (SSSR count). The predicted octanol–water partition coefficient (Wildman–Crippen LogP) is 2.99. The first-order valence-corrected chi connectivity index (χ1v) is 5.56. The zero-order valence-corrected chi connectivity index (χ0v) is 8.53. The monoisotopic (exact) mass is 199 g/mol. The Balaban J connectivity index is 2.32. The SMILES string of the molecule is CCSCCNc1ccccc1F. The molecular formula is C10H14FNS. The quantitative estimate of drug-likeness (QED) is 0.732. The lowest BCUT2D eigenvalue weighted by Gasteiger charge is -2.05. The van der Waals surface area contributed by atoms with Crippen molar-refractivity contribution in [1.29, 1.82) is 0 Å². The summed E-state index contributed by atoms with van der Waals surface area (Å²) >= 11 is 1.85. The molecule has 0 saturated heterocycles. The van der Waals surface area contributed by atoms with Crippen LogP contribution in [0.3, 0.4) is 0 Å². The number of benzene rings is 1. The van der Waals surface area contributed by atoms with Crippen molar-refractivity contribution in [2.24, 2.45) is 0 Å². The number of para-hydroxylation sites is 1. The normalized spacial score (nSPS) is 10.0. The summed E-state index contributed by atoms with van der Waals surface area (Å²) in [5.41, 5.74) is 0.596. The first-order valence-electron chi connectivity index (χ1n) is 4.40. The number of hydrogen-bond acceptors (Lipinski definition) is 2. The number of thioether (sulfide) groups is 1. The van der Waals surface area contributed by atoms with E-state index in [1.807, 2.05) is 17.8 Å². The Morgan fingerprint density at radius 2 is 2.15 bits per heavy atom. The Bertz CT molecular complexity index is 252. The van der Waals surface area contributed by atoms with Crippen molar-refractivity contribution in [3.05, 3.63) is 30.1 Å². The van der Waals surface area contributed by atoms with Crippen molar-refractivity contribution in [2.75, 3.05) is 23.4 Å². The van der Waals surface area contributed by atoms with Gasteiger partial charge in [0, 0.05) is 12.3 Å². The van der Waals surface area contributed by atoms with Crippen LogP contribution < -0.4 is 5.32 Å². The summed E-state index contributed by atoms with van der Waals surface area (Å²) in [5.74, 6) is 1.95. The first kappa shape index (κ1) is 10.4. The van der Waals surface area contributed by atoms with Crippen molar-refractivity contribution in [2.45, 2.75) is 6.92 Å². The maximum Gasteiger partial charge on any atom is 0.146 e. The van der Waals surface area contributed by atoms with Gasteiger partial charge in [0.15, 0.2) is 0 Å². The molecular weight excluding hydrogens is 185 g/mol. The van der Waals surface area contributed by atoms with Crippen LogP contribution in [0.15, 0.2) is 24.3 Å². The molecule has 0 amide bonds. The third-order valence-electron chi connectivity index (χ3n) is 1.64. The fraction of sp³-hybridized carbons (Fsp3) is 0.400. The molecule has 0 radical (unpaired) electrons. The molecule has 0 bridgehead atoms. The lowest BCUT2D eigenvalue weighted by molar-refractivity contribution is 0.630. The van der Waals surface area contributed by atoms with E-state index in [2.05, 4.69) is 12.2 Å². The zero-order chi connectivity index (χ0) is 9.52. The average molecular weight is 199 g/mol. The number of nitrogens with one attached hydrogen (secondary N) is 1. The van der Waals surface area contributed by atoms with E-state index < -0.39 is 0 Å². The summed E-state index contributed by atoms with van der Waals surface area (Å²) in [5, 5.41) is 3.05. The predicted molar refractivity (Wildman–Crippen MR) is 57.9 cm³/mol. The van der Waals surface area contributed by atoms with Crippen molar-refractivity contribution in [3.63, 3.8) is 0 Å². The average Bonchev–Trinajstić information content (AvgIpc) is 2.15. The van der Waals surface area contributed by atoms with E-state index in [1.54, 1.807) is 12.1 Å². The van der Waals surface area contributed by atoms with Gasteiger partial charge in [-0.2, -0.15) is 11.8 Å². The molecule has 0 heterocycles. The lowest BCUT2D eigenvalue weighted by Crippen LogP contribution is -2.05. The largest absolute Gasteiger partial charge is 0.382 e. The van der Waals surface area contributed by atoms with E-state index in [9.17, 15) is 4.39 Å². The molecule has 0 saturated carbocycles. The fourth-order valence-electron chi connectivity index (χ4n) is 1.01. The van der Waals surface area contributed by atoms with Gasteiger partial charge in [0.25, 0.3) is 0 Å². The number of halogens is 1. The summed E-state index contributed by atoms with van der Waals surface area (Å²) in [6.45, 7) is 2.94. The van der Waals surface area contributed by atoms with Crippen LogP contribution in [-0.2, 0) is 0 Å². The second-order valence-corrected chi connectivity index (χ2v) is 4.00. The minimum atomic E-state index is -0.177. The third-order valence-corrected chi connectivity index (χ3v) is 2.54. The van der Waals surface area contributed by atoms with Crippen LogP contribution in [0.25, 0.3) is 0 Å². The lowest BCUT2D eigenvalue weighted by atomic mass is 10.3. The standard InChI is InChI=1S/C10H14FNS/c1-2-13-8-7-12-10-6-4-3-5-9(10)11/h3-6,12H,2,7-8H2,1H3. The molecule has 1 nitrogen and oxygen atoms in total. The molecule has 0 fully saturated rings. The van der Waals surface area contributed by atoms with Gasteiger partial charge in [0.2, 0.25) is 0 Å². The molecule has 72 valence electrons. The van der Waals surface area contributed by atoms with Crippen LogP contribution in [0.5, 0.6) is 0 Å². The molecule has 0 atom stereocenters. The number of anilines is 1. The van der Waals surface area contributed by atoms with Gasteiger partial charge < -0.3 is 5.32 Å². The van der Waals surface area contributed by atoms with Gasteiger partial charge in [0.1, 0.15) is 5.82 Å². The second-order valence-electron chi connectivity index (χ2n) is 2.60. The van der Waals surface area contributed by atoms with Gasteiger partial charge in [0.05, 0.1) is 5.69 Å². The van der Waals surface area contributed by atoms with Crippen molar-refractivity contribution in [1.82, 2.24) is 0 Å². The maximum absolute atomic E-state index is 13.0. The van der Waals surface area contributed by atoms with E-state index >= 15 is 0 Å². The first-order chi connectivity index (χ1) is 6.34. The van der Waals surface area contributed by atoms with Gasteiger partial charge >= 0.3 is 0 Å². The topological polar surface area (TPSA) is 12.0 Å². The highest BCUT2D eigenvalue weighted by Gasteiger charge is 1.97. The summed E-state index contributed by atoms with van der Waals surface area (Å²) in [7, 11) is 0. The van der Waals surface area contributed by atoms with Crippen LogP contribution in [0.2, 0.25) is 0 Å². The smallest absolute Gasteiger partial charge is 0.146 e. The Morgan fingerprint density at radius 3 is 2.85 bits per heavy atom. The van der Waals surface area contributed by atoms with Crippen molar-refractivity contribution in [3.8, 4) is 0 Å². The number of rotatable bonds is 5. The highest BCUT2D eigenvalue weighted by molar-refractivity contribution is 7.99. The Kier molecular flexibility index (Phi) is 4.68. The van der Waals surface area contributed by atoms with E-state index in [0.717, 1.165) is 18.1 Å². The van der Waals surface area contributed by atoms with Crippen LogP contribution in [-0.4, -0.2) is 18.1 Å². The van der Waals surface area contributed by atoms with Gasteiger partial charge in [-0.25, -0.2) is 4.39 Å². The summed E-state index contributed by atoms with van der Waals surface area (Å²) in [4.78, 5) is 0. The molecule has 13 heavy (non-hydrogen) atoms.